The van der Waals surface area contributed by atoms with Gasteiger partial charge in [0.05, 0.1) is 51.2 Å². The summed E-state index contributed by atoms with van der Waals surface area (Å²) in [4.78, 5) is 58.6. The van der Waals surface area contributed by atoms with Gasteiger partial charge in [-0.2, -0.15) is 0 Å². The van der Waals surface area contributed by atoms with E-state index in [1.165, 1.54) is 76.1 Å². The largest absolute Gasteiger partial charge is 0.507 e. The number of methoxy groups -OCH3 is 3. The molecule has 0 amide bonds. The Morgan fingerprint density at radius 2 is 0.647 bits per heavy atom. The van der Waals surface area contributed by atoms with Crippen LogP contribution in [-0.2, 0) is 32.0 Å². The van der Waals surface area contributed by atoms with Crippen LogP contribution in [0.1, 0.15) is 85.7 Å². The number of benzene rings is 24. The number of Topliss-reactive ketones (excluding diaryl/α,β-unsaturated/α-hetero) is 1. The smallest absolute Gasteiger partial charge is 0.347 e. The van der Waals surface area contributed by atoms with Gasteiger partial charge in [-0.25, -0.2) is 19.2 Å². The minimum atomic E-state index is -0.805. The molecule has 0 bridgehead atoms. The van der Waals surface area contributed by atoms with Crippen LogP contribution in [0.25, 0.3) is 152 Å². The molecular weight excluding hydrogens is 1850 g/mol. The van der Waals surface area contributed by atoms with Crippen molar-refractivity contribution in [3.8, 4) is 45.3 Å². The summed E-state index contributed by atoms with van der Waals surface area (Å²) in [5, 5.41) is 45.7. The quantitative estimate of drug-likeness (QED) is 0.0388. The number of aliphatic hydroxyl groups excluding tert-OH is 1. The SMILES string of the molecule is CCCC(=O)c1ccc(-c2ccccc2)cc1.CCc1ccc2c(OC)c3ccccc3c(OC)c2c1.COc1ccc2ccccc2c1.O=C(OC1CCOC1=O)c1c2ccccc2cc2ccccc12.O=C1OC(=O)c2cc3ccccc3cc21.OCc1c2ccccc2cc2ccccc12.Oc1cccc2ccccc12.c1ccc(-c2ccccc2)cc1.c1ccc2cc3ccccc3cc2c1.c1ccc2ccccc2c1. The molecule has 2 aliphatic heterocycles. The van der Waals surface area contributed by atoms with Gasteiger partial charge in [-0.05, 0) is 209 Å². The second kappa shape index (κ2) is 50.7. The van der Waals surface area contributed by atoms with Crippen molar-refractivity contribution >= 4 is 159 Å². The van der Waals surface area contributed by atoms with E-state index in [4.69, 9.17) is 23.7 Å². The van der Waals surface area contributed by atoms with Crippen LogP contribution < -0.4 is 14.2 Å². The number of carbonyl (C=O) groups excluding carboxylic acids is 5. The van der Waals surface area contributed by atoms with Gasteiger partial charge in [0.2, 0.25) is 6.10 Å². The lowest BCUT2D eigenvalue weighted by atomic mass is 9.97. The van der Waals surface area contributed by atoms with Crippen molar-refractivity contribution in [3.05, 3.63) is 531 Å². The third-order valence-electron chi connectivity index (χ3n) is 26.1. The molecule has 13 heteroatoms. The predicted octanol–water partition coefficient (Wildman–Crippen LogP) is 33.6. The number of rotatable bonds is 12. The number of hydrogen-bond acceptors (Lipinski definition) is 13. The maximum absolute atomic E-state index is 12.7. The molecule has 738 valence electrons. The number of aromatic hydroxyl groups is 1. The first-order valence-electron chi connectivity index (χ1n) is 50.1. The average Bonchev–Trinajstić information content (AvgIpc) is 0.970. The van der Waals surface area contributed by atoms with Gasteiger partial charge in [-0.1, -0.05) is 451 Å². The van der Waals surface area contributed by atoms with E-state index in [1.807, 2.05) is 237 Å². The molecule has 26 rings (SSSR count). The van der Waals surface area contributed by atoms with Crippen molar-refractivity contribution < 1.29 is 62.6 Å². The molecule has 1 unspecified atom stereocenters. The number of ketones is 1. The molecule has 1 atom stereocenters. The molecule has 0 aliphatic carbocycles. The Balaban J connectivity index is 0.000000114. The highest BCUT2D eigenvalue weighted by Gasteiger charge is 2.33. The molecule has 24 aromatic rings. The minimum absolute atomic E-state index is 0.0852. The fourth-order valence-electron chi connectivity index (χ4n) is 18.5. The molecule has 0 saturated carbocycles. The standard InChI is InChI=1S/C19H14O4.C18H18O2.C16H16O.C15H12O.C14H10.C12H6O3.C12H10.C11H10O.C10H8O.C10H8/c20-18-16(9-10-22-18)23-19(21)17-14-7-3-1-5-12(14)11-13-6-2-4-8-15(13)17;1-4-12-9-10-15-16(11-12)18(20-3)14-8-6-5-7-13(14)17(15)19-2;1-2-6-16(17)15-11-9-14(10-12-15)13-7-4-3-5-8-13;16-10-15-13-7-3-1-5-11(13)9-12-6-2-4-8-14(12)15;1-2-6-12-10-14-8-4-3-7-13(14)9-11(12)5-1;13-11-9-5-7-3-1-2-4-8(7)6-10(9)12(14)15-11;1-3-7-11(8-4-1)12-9-5-2-6-10-12;1-12-11-7-6-9-4-2-3-5-10(9)8-11;11-10-7-3-5-8-4-1-2-6-9(8)10;1-2-6-10-8-4-3-7-9(10)5-1/h1-8,11,16H,9-10H2;5-11H,4H2,1-3H3;3-5,7-12H,2,6H2,1H3;1-9,16H,10H2;1-10H;1-6H;1-10H;2-8H,1H3;1-7,11H;1-8H. The molecule has 1 fully saturated rings. The first-order chi connectivity index (χ1) is 73.6. The highest BCUT2D eigenvalue weighted by Crippen LogP contribution is 2.44. The summed E-state index contributed by atoms with van der Waals surface area (Å²) in [6.45, 7) is 4.57. The molecule has 1 saturated heterocycles. The minimum Gasteiger partial charge on any atom is -0.507 e. The molecule has 2 N–H and O–H groups in total. The number of fused-ring (bicyclic) bond motifs is 13. The topological polar surface area (TPSA) is 181 Å². The lowest BCUT2D eigenvalue weighted by molar-refractivity contribution is -0.145. The van der Waals surface area contributed by atoms with Crippen LogP contribution in [0.3, 0.4) is 0 Å². The maximum atomic E-state index is 12.7. The van der Waals surface area contributed by atoms with Crippen molar-refractivity contribution in [2.24, 2.45) is 0 Å². The first kappa shape index (κ1) is 103. The normalized spacial score (nSPS) is 11.9. The predicted molar refractivity (Wildman–Crippen MR) is 616 cm³/mol. The highest BCUT2D eigenvalue weighted by atomic mass is 16.6. The zero-order valence-electron chi connectivity index (χ0n) is 84.0. The van der Waals surface area contributed by atoms with Gasteiger partial charge in [0.15, 0.2) is 5.78 Å². The highest BCUT2D eigenvalue weighted by molar-refractivity contribution is 6.19. The number of phenols is 1. The Bertz CT molecular complexity index is 8480. The van der Waals surface area contributed by atoms with Gasteiger partial charge in [0.1, 0.15) is 23.0 Å². The van der Waals surface area contributed by atoms with Crippen molar-refractivity contribution in [1.82, 2.24) is 0 Å². The number of phenolic OH excluding ortho intramolecular Hbond substituents is 1. The van der Waals surface area contributed by atoms with E-state index in [-0.39, 0.29) is 12.4 Å². The lowest BCUT2D eigenvalue weighted by Crippen LogP contribution is -2.23. The Kier molecular flexibility index (Phi) is 34.7. The number of cyclic esters (lactones) is 3. The van der Waals surface area contributed by atoms with Crippen molar-refractivity contribution in [2.75, 3.05) is 27.9 Å². The van der Waals surface area contributed by atoms with Crippen LogP contribution in [0.4, 0.5) is 0 Å². The van der Waals surface area contributed by atoms with E-state index in [0.717, 1.165) is 122 Å². The van der Waals surface area contributed by atoms with E-state index >= 15 is 0 Å². The molecule has 0 aromatic heterocycles. The van der Waals surface area contributed by atoms with Crippen LogP contribution in [0.2, 0.25) is 0 Å². The summed E-state index contributed by atoms with van der Waals surface area (Å²) in [5.74, 6) is 1.26. The van der Waals surface area contributed by atoms with Crippen LogP contribution in [-0.4, -0.2) is 73.9 Å². The molecule has 0 radical (unpaired) electrons. The van der Waals surface area contributed by atoms with E-state index < -0.39 is 30.0 Å². The summed E-state index contributed by atoms with van der Waals surface area (Å²) in [5.41, 5.74) is 9.24. The summed E-state index contributed by atoms with van der Waals surface area (Å²) in [7, 11) is 5.14. The van der Waals surface area contributed by atoms with Crippen LogP contribution >= 0.6 is 0 Å². The zero-order valence-corrected chi connectivity index (χ0v) is 84.0. The van der Waals surface area contributed by atoms with E-state index in [0.29, 0.717) is 41.9 Å². The third-order valence-corrected chi connectivity index (χ3v) is 26.1. The summed E-state index contributed by atoms with van der Waals surface area (Å²) in [6, 6.07) is 166. The Labute approximate surface area is 872 Å². The van der Waals surface area contributed by atoms with Crippen LogP contribution in [0.5, 0.6) is 23.0 Å². The monoisotopic (exact) mass is 1960 g/mol. The third kappa shape index (κ3) is 25.3. The molecule has 24 aromatic carbocycles. The van der Waals surface area contributed by atoms with Crippen LogP contribution in [0, 0.1) is 0 Å². The summed E-state index contributed by atoms with van der Waals surface area (Å²) >= 11 is 0. The lowest BCUT2D eigenvalue weighted by Gasteiger charge is -2.15. The number of hydrogen-bond donors (Lipinski definition) is 2. The number of aliphatic hydroxyl groups is 1. The Hall–Kier alpha value is -18.7. The first-order valence-corrected chi connectivity index (χ1v) is 50.1. The van der Waals surface area contributed by atoms with Gasteiger partial charge >= 0.3 is 23.9 Å². The van der Waals surface area contributed by atoms with E-state index in [9.17, 15) is 34.2 Å². The molecular formula is C137H112O13. The summed E-state index contributed by atoms with van der Waals surface area (Å²) < 4.78 is 31.3. The molecule has 2 aliphatic rings. The Morgan fingerprint density at radius 3 is 1.05 bits per heavy atom. The van der Waals surface area contributed by atoms with Gasteiger partial charge in [0, 0.05) is 45.3 Å². The fourth-order valence-corrected chi connectivity index (χ4v) is 18.5. The molecule has 13 nitrogen and oxygen atoms in total. The van der Waals surface area contributed by atoms with Gasteiger partial charge in [-0.3, -0.25) is 4.79 Å². The molecule has 0 spiro atoms. The van der Waals surface area contributed by atoms with Crippen LogP contribution in [0.15, 0.2) is 497 Å². The molecule has 2 heterocycles. The molecule has 150 heavy (non-hydrogen) atoms. The number of esters is 4. The van der Waals surface area contributed by atoms with Crippen molar-refractivity contribution in [2.45, 2.75) is 52.2 Å². The number of carbonyl (C=O) groups is 5. The average molecular weight is 1970 g/mol. The zero-order chi connectivity index (χ0) is 104. The fraction of sp³-hybridized carbons (Fsp3) is 0.0876. The van der Waals surface area contributed by atoms with E-state index in [2.05, 4.69) is 260 Å². The van der Waals surface area contributed by atoms with Crippen molar-refractivity contribution in [3.63, 3.8) is 0 Å². The second-order valence-corrected chi connectivity index (χ2v) is 35.7. The summed E-state index contributed by atoms with van der Waals surface area (Å²) in [6.07, 6.45) is 2.14. The van der Waals surface area contributed by atoms with Gasteiger partial charge in [-0.15, -0.1) is 0 Å². The number of ether oxygens (including phenoxy) is 6. The van der Waals surface area contributed by atoms with E-state index in [1.54, 1.807) is 39.5 Å². The maximum Gasteiger partial charge on any atom is 0.347 e. The number of aryl methyl sites for hydroxylation is 1. The second-order valence-electron chi connectivity index (χ2n) is 35.7. The van der Waals surface area contributed by atoms with Gasteiger partial charge in [0.25, 0.3) is 0 Å². The van der Waals surface area contributed by atoms with Crippen molar-refractivity contribution in [1.29, 1.82) is 0 Å². The van der Waals surface area contributed by atoms with Gasteiger partial charge < -0.3 is 38.6 Å². The Morgan fingerprint density at radius 1 is 0.307 bits per heavy atom.